The van der Waals surface area contributed by atoms with Gasteiger partial charge in [-0.15, -0.1) is 0 Å². The number of carbonyl (C=O) groups is 1. The average Bonchev–Trinajstić information content (AvgIpc) is 2.30. The summed E-state index contributed by atoms with van der Waals surface area (Å²) in [5.41, 5.74) is 0. The Balaban J connectivity index is 2.33. The smallest absolute Gasteiger partial charge is 0.129 e. The van der Waals surface area contributed by atoms with Crippen molar-refractivity contribution in [2.24, 2.45) is 5.92 Å². The zero-order valence-corrected chi connectivity index (χ0v) is 9.65. The first-order chi connectivity index (χ1) is 7.38. The van der Waals surface area contributed by atoms with Crippen molar-refractivity contribution in [3.8, 4) is 0 Å². The van der Waals surface area contributed by atoms with Gasteiger partial charge in [0.25, 0.3) is 0 Å². The third-order valence-electron chi connectivity index (χ3n) is 2.88. The number of hydrogen-bond acceptors (Lipinski definition) is 2. The molecule has 0 unspecified atom stereocenters. The van der Waals surface area contributed by atoms with E-state index in [2.05, 4.69) is 13.0 Å². The van der Waals surface area contributed by atoms with Crippen molar-refractivity contribution in [1.82, 2.24) is 0 Å². The van der Waals surface area contributed by atoms with E-state index in [0.717, 1.165) is 32.2 Å². The maximum Gasteiger partial charge on any atom is 0.129 e. The zero-order chi connectivity index (χ0) is 10.9. The summed E-state index contributed by atoms with van der Waals surface area (Å²) in [6.07, 6.45) is 12.2. The highest BCUT2D eigenvalue weighted by Crippen LogP contribution is 2.20. The lowest BCUT2D eigenvalue weighted by atomic mass is 9.96. The third kappa shape index (κ3) is 4.61. The van der Waals surface area contributed by atoms with E-state index in [4.69, 9.17) is 4.74 Å². The standard InChI is InChI=1S/C13H22O2/c1-2-3-4-5-8-12(11-14)13-9-6-7-10-15-13/h5,8,11-13H,2-4,6-7,9-10H2,1H3/b8-5+/t12-,13-/m0/s1. The van der Waals surface area contributed by atoms with Gasteiger partial charge in [-0.2, -0.15) is 0 Å². The molecule has 0 spiro atoms. The second-order valence-corrected chi connectivity index (χ2v) is 4.19. The van der Waals surface area contributed by atoms with Gasteiger partial charge in [0, 0.05) is 6.61 Å². The van der Waals surface area contributed by atoms with Crippen molar-refractivity contribution < 1.29 is 9.53 Å². The van der Waals surface area contributed by atoms with E-state index in [-0.39, 0.29) is 12.0 Å². The second-order valence-electron chi connectivity index (χ2n) is 4.19. The van der Waals surface area contributed by atoms with Gasteiger partial charge in [-0.3, -0.25) is 0 Å². The van der Waals surface area contributed by atoms with E-state index in [1.54, 1.807) is 0 Å². The molecule has 0 aliphatic carbocycles. The van der Waals surface area contributed by atoms with Gasteiger partial charge in [0.05, 0.1) is 12.0 Å². The summed E-state index contributed by atoms with van der Waals surface area (Å²) in [6.45, 7) is 2.99. The van der Waals surface area contributed by atoms with E-state index in [0.29, 0.717) is 0 Å². The number of aldehydes is 1. The molecule has 2 atom stereocenters. The Kier molecular flexibility index (Phi) is 6.33. The van der Waals surface area contributed by atoms with Gasteiger partial charge in [0.2, 0.25) is 0 Å². The van der Waals surface area contributed by atoms with Gasteiger partial charge in [-0.05, 0) is 25.7 Å². The Bertz CT molecular complexity index is 193. The zero-order valence-electron chi connectivity index (χ0n) is 9.65. The van der Waals surface area contributed by atoms with Crippen molar-refractivity contribution >= 4 is 6.29 Å². The first-order valence-electron chi connectivity index (χ1n) is 6.12. The van der Waals surface area contributed by atoms with Gasteiger partial charge in [0.1, 0.15) is 6.29 Å². The highest BCUT2D eigenvalue weighted by molar-refractivity contribution is 5.57. The van der Waals surface area contributed by atoms with Crippen LogP contribution in [0.15, 0.2) is 12.2 Å². The van der Waals surface area contributed by atoms with Crippen LogP contribution < -0.4 is 0 Å². The molecule has 0 aromatic heterocycles. The predicted molar refractivity (Wildman–Crippen MR) is 61.8 cm³/mol. The summed E-state index contributed by atoms with van der Waals surface area (Å²) in [6, 6.07) is 0. The summed E-state index contributed by atoms with van der Waals surface area (Å²) in [5, 5.41) is 0. The Hall–Kier alpha value is -0.630. The minimum Gasteiger partial charge on any atom is -0.377 e. The monoisotopic (exact) mass is 210 g/mol. The molecular weight excluding hydrogens is 188 g/mol. The maximum absolute atomic E-state index is 10.9. The molecule has 1 aliphatic heterocycles. The summed E-state index contributed by atoms with van der Waals surface area (Å²) in [4.78, 5) is 10.9. The van der Waals surface area contributed by atoms with Crippen LogP contribution in [0, 0.1) is 5.92 Å². The molecule has 86 valence electrons. The van der Waals surface area contributed by atoms with Crippen molar-refractivity contribution in [1.29, 1.82) is 0 Å². The third-order valence-corrected chi connectivity index (χ3v) is 2.88. The molecule has 1 rings (SSSR count). The molecule has 1 saturated heterocycles. The van der Waals surface area contributed by atoms with Crippen molar-refractivity contribution in [2.45, 2.75) is 51.6 Å². The molecule has 15 heavy (non-hydrogen) atoms. The van der Waals surface area contributed by atoms with E-state index in [9.17, 15) is 4.79 Å². The fraction of sp³-hybridized carbons (Fsp3) is 0.769. The molecule has 2 nitrogen and oxygen atoms in total. The minimum absolute atomic E-state index is 0.0258. The lowest BCUT2D eigenvalue weighted by Gasteiger charge is -2.25. The van der Waals surface area contributed by atoms with Crippen LogP contribution in [0.5, 0.6) is 0 Å². The van der Waals surface area contributed by atoms with Crippen LogP contribution in [0.25, 0.3) is 0 Å². The van der Waals surface area contributed by atoms with Crippen molar-refractivity contribution in [3.63, 3.8) is 0 Å². The van der Waals surface area contributed by atoms with Crippen LogP contribution in [0.3, 0.4) is 0 Å². The number of hydrogen-bond donors (Lipinski definition) is 0. The summed E-state index contributed by atoms with van der Waals surface area (Å²) in [5.74, 6) is -0.0258. The normalized spacial score (nSPS) is 24.2. The summed E-state index contributed by atoms with van der Waals surface area (Å²) >= 11 is 0. The van der Waals surface area contributed by atoms with Crippen LogP contribution in [-0.2, 0) is 9.53 Å². The Morgan fingerprint density at radius 3 is 2.93 bits per heavy atom. The van der Waals surface area contributed by atoms with Gasteiger partial charge in [-0.1, -0.05) is 31.9 Å². The number of rotatable bonds is 6. The molecule has 0 bridgehead atoms. The number of allylic oxidation sites excluding steroid dienone is 1. The van der Waals surface area contributed by atoms with Crippen LogP contribution in [-0.4, -0.2) is 19.0 Å². The fourth-order valence-electron chi connectivity index (χ4n) is 1.90. The van der Waals surface area contributed by atoms with Crippen molar-refractivity contribution in [2.75, 3.05) is 6.61 Å². The Labute approximate surface area is 92.7 Å². The number of unbranched alkanes of at least 4 members (excludes halogenated alkanes) is 2. The highest BCUT2D eigenvalue weighted by Gasteiger charge is 2.21. The van der Waals surface area contributed by atoms with E-state index in [1.165, 1.54) is 19.3 Å². The van der Waals surface area contributed by atoms with Crippen LogP contribution in [0.2, 0.25) is 0 Å². The molecule has 0 radical (unpaired) electrons. The topological polar surface area (TPSA) is 26.3 Å². The number of ether oxygens (including phenoxy) is 1. The molecule has 1 aliphatic rings. The van der Waals surface area contributed by atoms with Gasteiger partial charge in [-0.25, -0.2) is 0 Å². The van der Waals surface area contributed by atoms with Crippen molar-refractivity contribution in [3.05, 3.63) is 12.2 Å². The maximum atomic E-state index is 10.9. The highest BCUT2D eigenvalue weighted by atomic mass is 16.5. The fourth-order valence-corrected chi connectivity index (χ4v) is 1.90. The van der Waals surface area contributed by atoms with Crippen LogP contribution >= 0.6 is 0 Å². The van der Waals surface area contributed by atoms with Crippen LogP contribution in [0.4, 0.5) is 0 Å². The molecule has 0 aromatic carbocycles. The number of carbonyl (C=O) groups excluding carboxylic acids is 1. The molecule has 0 N–H and O–H groups in total. The first-order valence-corrected chi connectivity index (χ1v) is 6.12. The summed E-state index contributed by atoms with van der Waals surface area (Å²) in [7, 11) is 0. The lowest BCUT2D eigenvalue weighted by Crippen LogP contribution is -2.27. The molecule has 2 heteroatoms. The van der Waals surface area contributed by atoms with E-state index < -0.39 is 0 Å². The van der Waals surface area contributed by atoms with E-state index >= 15 is 0 Å². The minimum atomic E-state index is -0.0258. The molecule has 1 heterocycles. The molecule has 1 fully saturated rings. The molecule has 0 saturated carbocycles. The van der Waals surface area contributed by atoms with Gasteiger partial charge in [0.15, 0.2) is 0 Å². The lowest BCUT2D eigenvalue weighted by molar-refractivity contribution is -0.115. The van der Waals surface area contributed by atoms with Gasteiger partial charge >= 0.3 is 0 Å². The Morgan fingerprint density at radius 2 is 2.33 bits per heavy atom. The predicted octanol–water partition coefficient (Wildman–Crippen LogP) is 3.12. The second kappa shape index (κ2) is 7.63. The van der Waals surface area contributed by atoms with Crippen LogP contribution in [0.1, 0.15) is 45.4 Å². The quantitative estimate of drug-likeness (QED) is 0.382. The van der Waals surface area contributed by atoms with E-state index in [1.807, 2.05) is 6.08 Å². The molecular formula is C13H22O2. The average molecular weight is 210 g/mol. The largest absolute Gasteiger partial charge is 0.377 e. The summed E-state index contributed by atoms with van der Waals surface area (Å²) < 4.78 is 5.61. The Morgan fingerprint density at radius 1 is 1.47 bits per heavy atom. The molecule has 0 aromatic rings. The molecule has 0 amide bonds. The van der Waals surface area contributed by atoms with Gasteiger partial charge < -0.3 is 9.53 Å². The SMILES string of the molecule is CCCC/C=C/[C@@H](C=O)[C@@H]1CCCCO1. The first kappa shape index (κ1) is 12.4.